The number of esters is 1. The number of hydrogen-bond donors (Lipinski definition) is 0. The van der Waals surface area contributed by atoms with E-state index < -0.39 is 0 Å². The second-order valence-corrected chi connectivity index (χ2v) is 4.92. The van der Waals surface area contributed by atoms with Crippen molar-refractivity contribution in [3.05, 3.63) is 35.1 Å². The van der Waals surface area contributed by atoms with Crippen molar-refractivity contribution in [2.75, 3.05) is 13.7 Å². The summed E-state index contributed by atoms with van der Waals surface area (Å²) in [6.07, 6.45) is 2.68. The van der Waals surface area contributed by atoms with E-state index in [-0.39, 0.29) is 17.8 Å². The van der Waals surface area contributed by atoms with E-state index in [4.69, 9.17) is 10.00 Å². The summed E-state index contributed by atoms with van der Waals surface area (Å²) in [4.78, 5) is 13.7. The van der Waals surface area contributed by atoms with Crippen LogP contribution in [0.4, 0.5) is 4.39 Å². The number of carbonyl (C=O) groups excluding carboxylic acids is 1. The van der Waals surface area contributed by atoms with E-state index >= 15 is 0 Å². The van der Waals surface area contributed by atoms with Gasteiger partial charge in [0.2, 0.25) is 0 Å². The molecule has 1 aromatic rings. The van der Waals surface area contributed by atoms with E-state index in [0.717, 1.165) is 25.8 Å². The van der Waals surface area contributed by atoms with Crippen molar-refractivity contribution < 1.29 is 13.9 Å². The fourth-order valence-electron chi connectivity index (χ4n) is 2.57. The monoisotopic (exact) mass is 276 g/mol. The Balaban J connectivity index is 2.18. The zero-order valence-corrected chi connectivity index (χ0v) is 11.4. The number of carbonyl (C=O) groups is 1. The smallest absolute Gasteiger partial charge is 0.323 e. The Morgan fingerprint density at radius 1 is 1.55 bits per heavy atom. The molecule has 0 amide bonds. The number of benzene rings is 1. The number of halogens is 1. The van der Waals surface area contributed by atoms with Crippen molar-refractivity contribution in [3.8, 4) is 6.07 Å². The molecule has 5 heteroatoms. The van der Waals surface area contributed by atoms with E-state index in [1.165, 1.54) is 25.3 Å². The zero-order valence-electron chi connectivity index (χ0n) is 11.4. The Morgan fingerprint density at radius 2 is 2.35 bits per heavy atom. The van der Waals surface area contributed by atoms with Gasteiger partial charge >= 0.3 is 5.97 Å². The fourth-order valence-corrected chi connectivity index (χ4v) is 2.57. The van der Waals surface area contributed by atoms with E-state index in [9.17, 15) is 9.18 Å². The Kier molecular flexibility index (Phi) is 4.70. The second kappa shape index (κ2) is 6.49. The molecule has 0 radical (unpaired) electrons. The molecule has 1 aliphatic rings. The second-order valence-electron chi connectivity index (χ2n) is 4.92. The average Bonchev–Trinajstić information content (AvgIpc) is 2.49. The van der Waals surface area contributed by atoms with Gasteiger partial charge in [-0.05, 0) is 37.6 Å². The summed E-state index contributed by atoms with van der Waals surface area (Å²) in [6, 6.07) is 5.97. The molecule has 1 aromatic carbocycles. The predicted octanol–water partition coefficient (Wildman–Crippen LogP) is 2.22. The summed E-state index contributed by atoms with van der Waals surface area (Å²) in [6.45, 7) is 1.05. The third kappa shape index (κ3) is 3.14. The highest BCUT2D eigenvalue weighted by molar-refractivity contribution is 5.75. The number of methoxy groups -OCH3 is 1. The fraction of sp³-hybridized carbons (Fsp3) is 0.467. The Hall–Kier alpha value is -1.93. The van der Waals surface area contributed by atoms with Gasteiger partial charge in [-0.25, -0.2) is 4.39 Å². The number of likely N-dealkylation sites (tertiary alicyclic amines) is 1. The minimum absolute atomic E-state index is 0.276. The molecular formula is C15H17FN2O2. The molecule has 1 aliphatic heterocycles. The molecule has 20 heavy (non-hydrogen) atoms. The maximum atomic E-state index is 13.8. The summed E-state index contributed by atoms with van der Waals surface area (Å²) in [5, 5.41) is 8.88. The quantitative estimate of drug-likeness (QED) is 0.794. The molecule has 0 aromatic heterocycles. The standard InChI is InChI=1S/C15H17FN2O2/c1-20-15(19)14-4-2-3-7-18(14)10-12-8-11(9-17)5-6-13(12)16/h5-6,8,14H,2-4,7,10H2,1H3/t14-/m1/s1. The molecule has 0 unspecified atom stereocenters. The summed E-state index contributed by atoms with van der Waals surface area (Å²) in [7, 11) is 1.37. The largest absolute Gasteiger partial charge is 0.468 e. The van der Waals surface area contributed by atoms with E-state index in [2.05, 4.69) is 0 Å². The van der Waals surface area contributed by atoms with Crippen molar-refractivity contribution in [2.45, 2.75) is 31.8 Å². The highest BCUT2D eigenvalue weighted by Gasteiger charge is 2.29. The molecule has 1 heterocycles. The van der Waals surface area contributed by atoms with Crippen LogP contribution in [0.3, 0.4) is 0 Å². The Morgan fingerprint density at radius 3 is 3.05 bits per heavy atom. The molecular weight excluding hydrogens is 259 g/mol. The van der Waals surface area contributed by atoms with Crippen molar-refractivity contribution >= 4 is 5.97 Å². The van der Waals surface area contributed by atoms with Gasteiger partial charge in [0.1, 0.15) is 11.9 Å². The van der Waals surface area contributed by atoms with E-state index in [1.54, 1.807) is 0 Å². The molecule has 1 atom stereocenters. The van der Waals surface area contributed by atoms with Crippen molar-refractivity contribution in [2.24, 2.45) is 0 Å². The van der Waals surface area contributed by atoms with Crippen LogP contribution in [-0.4, -0.2) is 30.6 Å². The van der Waals surface area contributed by atoms with Crippen LogP contribution in [0.25, 0.3) is 0 Å². The predicted molar refractivity (Wildman–Crippen MR) is 71.2 cm³/mol. The first-order chi connectivity index (χ1) is 9.65. The average molecular weight is 276 g/mol. The van der Waals surface area contributed by atoms with Crippen LogP contribution in [0.15, 0.2) is 18.2 Å². The van der Waals surface area contributed by atoms with E-state index in [1.807, 2.05) is 11.0 Å². The molecule has 106 valence electrons. The maximum Gasteiger partial charge on any atom is 0.323 e. The lowest BCUT2D eigenvalue weighted by molar-refractivity contribution is -0.148. The first kappa shape index (κ1) is 14.5. The molecule has 2 rings (SSSR count). The maximum absolute atomic E-state index is 13.8. The van der Waals surface area contributed by atoms with Crippen molar-refractivity contribution in [3.63, 3.8) is 0 Å². The van der Waals surface area contributed by atoms with Gasteiger partial charge in [0.05, 0.1) is 18.7 Å². The molecule has 0 N–H and O–H groups in total. The Labute approximate surface area is 117 Å². The summed E-state index contributed by atoms with van der Waals surface area (Å²) >= 11 is 0. The minimum Gasteiger partial charge on any atom is -0.468 e. The number of nitriles is 1. The van der Waals surface area contributed by atoms with Crippen molar-refractivity contribution in [1.29, 1.82) is 5.26 Å². The van der Waals surface area contributed by atoms with Crippen LogP contribution in [0.1, 0.15) is 30.4 Å². The van der Waals surface area contributed by atoms with Crippen LogP contribution in [-0.2, 0) is 16.1 Å². The van der Waals surface area contributed by atoms with Crippen molar-refractivity contribution in [1.82, 2.24) is 4.90 Å². The molecule has 0 bridgehead atoms. The van der Waals surface area contributed by atoms with Gasteiger partial charge in [0.25, 0.3) is 0 Å². The summed E-state index contributed by atoms with van der Waals surface area (Å²) < 4.78 is 18.6. The number of hydrogen-bond acceptors (Lipinski definition) is 4. The van der Waals surface area contributed by atoms with Gasteiger partial charge in [-0.3, -0.25) is 9.69 Å². The first-order valence-corrected chi connectivity index (χ1v) is 6.66. The third-order valence-electron chi connectivity index (χ3n) is 3.64. The molecule has 0 spiro atoms. The summed E-state index contributed by atoms with van der Waals surface area (Å²) in [5.41, 5.74) is 0.868. The molecule has 4 nitrogen and oxygen atoms in total. The van der Waals surface area contributed by atoms with Crippen LogP contribution in [0, 0.1) is 17.1 Å². The van der Waals surface area contributed by atoms with E-state index in [0.29, 0.717) is 17.7 Å². The van der Waals surface area contributed by atoms with Crippen LogP contribution >= 0.6 is 0 Å². The number of nitrogens with zero attached hydrogens (tertiary/aromatic N) is 2. The Bertz CT molecular complexity index is 539. The summed E-state index contributed by atoms with van der Waals surface area (Å²) in [5.74, 6) is -0.625. The number of ether oxygens (including phenoxy) is 1. The zero-order chi connectivity index (χ0) is 14.5. The SMILES string of the molecule is COC(=O)[C@H]1CCCCN1Cc1cc(C#N)ccc1F. The molecule has 1 fully saturated rings. The van der Waals surface area contributed by atoms with Crippen LogP contribution in [0.5, 0.6) is 0 Å². The molecule has 1 saturated heterocycles. The lowest BCUT2D eigenvalue weighted by Crippen LogP contribution is -2.44. The third-order valence-corrected chi connectivity index (χ3v) is 3.64. The van der Waals surface area contributed by atoms with Gasteiger partial charge < -0.3 is 4.74 Å². The van der Waals surface area contributed by atoms with Gasteiger partial charge in [-0.15, -0.1) is 0 Å². The topological polar surface area (TPSA) is 53.3 Å². The lowest BCUT2D eigenvalue weighted by atomic mass is 10.0. The molecule has 0 saturated carbocycles. The number of rotatable bonds is 3. The van der Waals surface area contributed by atoms with Gasteiger partial charge in [0.15, 0.2) is 0 Å². The minimum atomic E-state index is -0.349. The van der Waals surface area contributed by atoms with Crippen LogP contribution < -0.4 is 0 Å². The first-order valence-electron chi connectivity index (χ1n) is 6.66. The highest BCUT2D eigenvalue weighted by atomic mass is 19.1. The van der Waals surface area contributed by atoms with Gasteiger partial charge in [0, 0.05) is 12.1 Å². The van der Waals surface area contributed by atoms with Gasteiger partial charge in [-0.1, -0.05) is 6.42 Å². The normalized spacial score (nSPS) is 19.4. The molecule has 0 aliphatic carbocycles. The number of piperidine rings is 1. The van der Waals surface area contributed by atoms with Crippen LogP contribution in [0.2, 0.25) is 0 Å². The lowest BCUT2D eigenvalue weighted by Gasteiger charge is -2.33. The van der Waals surface area contributed by atoms with Gasteiger partial charge in [-0.2, -0.15) is 5.26 Å². The highest BCUT2D eigenvalue weighted by Crippen LogP contribution is 2.22.